The lowest BCUT2D eigenvalue weighted by Gasteiger charge is -2.14. The summed E-state index contributed by atoms with van der Waals surface area (Å²) in [5, 5.41) is 0. The number of benzene rings is 2. The number of para-hydroxylation sites is 1. The monoisotopic (exact) mass is 541 g/mol. The first-order valence-corrected chi connectivity index (χ1v) is 11.3. The van der Waals surface area contributed by atoms with E-state index in [1.165, 1.54) is 11.8 Å². The summed E-state index contributed by atoms with van der Waals surface area (Å²) in [6.45, 7) is 3.29. The van der Waals surface area contributed by atoms with E-state index in [2.05, 4.69) is 22.6 Å². The van der Waals surface area contributed by atoms with Gasteiger partial charge in [-0.15, -0.1) is 0 Å². The Morgan fingerprint density at radius 1 is 1.17 bits per heavy atom. The minimum atomic E-state index is -0.0603. The standard InChI is InChI=1S/C21H20INO4S2/c1-3-23-20(24)18(29-21(23)28)13-14-11-16(22)19(17(12-14)25-2)27-10-9-26-15-7-5-4-6-8-15/h4-8,11-13H,3,9-10H2,1-2H3/b18-13-. The third-order valence-electron chi connectivity index (χ3n) is 4.08. The summed E-state index contributed by atoms with van der Waals surface area (Å²) in [4.78, 5) is 14.6. The highest BCUT2D eigenvalue weighted by Gasteiger charge is 2.30. The highest BCUT2D eigenvalue weighted by Crippen LogP contribution is 2.37. The van der Waals surface area contributed by atoms with Crippen LogP contribution >= 0.6 is 46.6 Å². The second-order valence-corrected chi connectivity index (χ2v) is 8.81. The predicted octanol–water partition coefficient (Wildman–Crippen LogP) is 4.98. The lowest BCUT2D eigenvalue weighted by Crippen LogP contribution is -2.27. The lowest BCUT2D eigenvalue weighted by molar-refractivity contribution is -0.121. The van der Waals surface area contributed by atoms with Gasteiger partial charge in [-0.25, -0.2) is 0 Å². The highest BCUT2D eigenvalue weighted by atomic mass is 127. The van der Waals surface area contributed by atoms with Crippen molar-refractivity contribution in [1.82, 2.24) is 4.90 Å². The third-order valence-corrected chi connectivity index (χ3v) is 6.26. The molecule has 1 heterocycles. The van der Waals surface area contributed by atoms with Crippen LogP contribution in [0.1, 0.15) is 12.5 Å². The molecule has 29 heavy (non-hydrogen) atoms. The average molecular weight is 541 g/mol. The predicted molar refractivity (Wildman–Crippen MR) is 129 cm³/mol. The van der Waals surface area contributed by atoms with Crippen LogP contribution in [-0.2, 0) is 4.79 Å². The molecule has 152 valence electrons. The number of amides is 1. The second kappa shape index (κ2) is 10.3. The molecule has 1 aliphatic heterocycles. The van der Waals surface area contributed by atoms with Crippen molar-refractivity contribution < 1.29 is 19.0 Å². The van der Waals surface area contributed by atoms with Crippen molar-refractivity contribution in [3.63, 3.8) is 0 Å². The molecule has 0 saturated carbocycles. The molecule has 0 aromatic heterocycles. The average Bonchev–Trinajstić information content (AvgIpc) is 2.99. The fourth-order valence-electron chi connectivity index (χ4n) is 2.71. The number of carbonyl (C=O) groups is 1. The molecule has 1 aliphatic rings. The van der Waals surface area contributed by atoms with Gasteiger partial charge in [0.05, 0.1) is 15.6 Å². The number of nitrogens with zero attached hydrogens (tertiary/aromatic N) is 1. The van der Waals surface area contributed by atoms with Crippen molar-refractivity contribution in [3.8, 4) is 17.2 Å². The van der Waals surface area contributed by atoms with Crippen molar-refractivity contribution in [3.05, 3.63) is 56.5 Å². The number of ether oxygens (including phenoxy) is 3. The van der Waals surface area contributed by atoms with Gasteiger partial charge in [0, 0.05) is 6.54 Å². The molecule has 2 aromatic carbocycles. The van der Waals surface area contributed by atoms with E-state index in [4.69, 9.17) is 26.4 Å². The molecule has 1 amide bonds. The minimum absolute atomic E-state index is 0.0603. The molecular formula is C21H20INO4S2. The molecule has 0 bridgehead atoms. The Morgan fingerprint density at radius 2 is 1.90 bits per heavy atom. The fraction of sp³-hybridized carbons (Fsp3) is 0.238. The highest BCUT2D eigenvalue weighted by molar-refractivity contribution is 14.1. The van der Waals surface area contributed by atoms with Crippen LogP contribution in [0.3, 0.4) is 0 Å². The topological polar surface area (TPSA) is 48.0 Å². The van der Waals surface area contributed by atoms with Crippen LogP contribution in [0.2, 0.25) is 0 Å². The maximum absolute atomic E-state index is 12.4. The number of methoxy groups -OCH3 is 1. The van der Waals surface area contributed by atoms with Crippen LogP contribution in [-0.4, -0.2) is 42.0 Å². The molecule has 5 nitrogen and oxygen atoms in total. The first kappa shape index (κ1) is 21.9. The maximum Gasteiger partial charge on any atom is 0.266 e. The van der Waals surface area contributed by atoms with Crippen LogP contribution < -0.4 is 14.2 Å². The van der Waals surface area contributed by atoms with Gasteiger partial charge < -0.3 is 14.2 Å². The smallest absolute Gasteiger partial charge is 0.266 e. The minimum Gasteiger partial charge on any atom is -0.493 e. The van der Waals surface area contributed by atoms with Crippen LogP contribution in [0.25, 0.3) is 6.08 Å². The summed E-state index contributed by atoms with van der Waals surface area (Å²) in [6.07, 6.45) is 1.84. The van der Waals surface area contributed by atoms with Gasteiger partial charge in [0.1, 0.15) is 23.3 Å². The Bertz CT molecular complexity index is 934. The van der Waals surface area contributed by atoms with Gasteiger partial charge in [0.25, 0.3) is 5.91 Å². The Morgan fingerprint density at radius 3 is 2.55 bits per heavy atom. The number of thiocarbonyl (C=S) groups is 1. The van der Waals surface area contributed by atoms with Crippen molar-refractivity contribution in [2.75, 3.05) is 26.9 Å². The number of halogens is 1. The van der Waals surface area contributed by atoms with E-state index in [9.17, 15) is 4.79 Å². The normalized spacial score (nSPS) is 15.1. The van der Waals surface area contributed by atoms with E-state index in [0.29, 0.717) is 40.5 Å². The van der Waals surface area contributed by atoms with E-state index in [1.54, 1.807) is 12.0 Å². The fourth-order valence-corrected chi connectivity index (χ4v) is 4.87. The summed E-state index contributed by atoms with van der Waals surface area (Å²) in [7, 11) is 1.60. The number of hydrogen-bond donors (Lipinski definition) is 0. The number of thioether (sulfide) groups is 1. The molecular weight excluding hydrogens is 521 g/mol. The van der Waals surface area contributed by atoms with E-state index in [1.807, 2.05) is 55.5 Å². The zero-order chi connectivity index (χ0) is 20.8. The summed E-state index contributed by atoms with van der Waals surface area (Å²) >= 11 is 8.79. The molecule has 1 fully saturated rings. The summed E-state index contributed by atoms with van der Waals surface area (Å²) in [5.41, 5.74) is 0.857. The number of carbonyl (C=O) groups excluding carboxylic acids is 1. The molecule has 2 aromatic rings. The Kier molecular flexibility index (Phi) is 7.79. The van der Waals surface area contributed by atoms with Crippen LogP contribution in [0.15, 0.2) is 47.4 Å². The Hall–Kier alpha value is -1.78. The molecule has 8 heteroatoms. The molecule has 3 rings (SSSR count). The molecule has 0 spiro atoms. The second-order valence-electron chi connectivity index (χ2n) is 5.97. The van der Waals surface area contributed by atoms with Crippen molar-refractivity contribution in [1.29, 1.82) is 0 Å². The zero-order valence-electron chi connectivity index (χ0n) is 16.0. The number of likely N-dealkylation sites (N-methyl/N-ethyl adjacent to an activating group) is 1. The van der Waals surface area contributed by atoms with Gasteiger partial charge in [0.2, 0.25) is 0 Å². The third kappa shape index (κ3) is 5.43. The molecule has 0 radical (unpaired) electrons. The SMILES string of the molecule is CCN1C(=O)/C(=C/c2cc(I)c(OCCOc3ccccc3)c(OC)c2)SC1=S. The quantitative estimate of drug-likeness (QED) is 0.204. The zero-order valence-corrected chi connectivity index (χ0v) is 19.8. The molecule has 0 unspecified atom stereocenters. The maximum atomic E-state index is 12.4. The van der Waals surface area contributed by atoms with E-state index >= 15 is 0 Å². The first-order chi connectivity index (χ1) is 14.0. The van der Waals surface area contributed by atoms with Crippen LogP contribution in [0.5, 0.6) is 17.2 Å². The molecule has 1 saturated heterocycles. The van der Waals surface area contributed by atoms with Crippen molar-refractivity contribution >= 4 is 62.9 Å². The summed E-state index contributed by atoms with van der Waals surface area (Å²) in [6, 6.07) is 13.4. The van der Waals surface area contributed by atoms with Gasteiger partial charge in [0.15, 0.2) is 11.5 Å². The number of rotatable bonds is 8. The van der Waals surface area contributed by atoms with Crippen LogP contribution in [0.4, 0.5) is 0 Å². The Labute approximate surface area is 193 Å². The van der Waals surface area contributed by atoms with E-state index in [-0.39, 0.29) is 5.91 Å². The summed E-state index contributed by atoms with van der Waals surface area (Å²) in [5.74, 6) is 2.00. The van der Waals surface area contributed by atoms with Gasteiger partial charge in [-0.3, -0.25) is 9.69 Å². The first-order valence-electron chi connectivity index (χ1n) is 8.97. The van der Waals surface area contributed by atoms with Gasteiger partial charge in [-0.05, 0) is 65.4 Å². The molecule has 0 atom stereocenters. The molecule has 0 aliphatic carbocycles. The van der Waals surface area contributed by atoms with Crippen molar-refractivity contribution in [2.45, 2.75) is 6.92 Å². The van der Waals surface area contributed by atoms with E-state index in [0.717, 1.165) is 14.9 Å². The van der Waals surface area contributed by atoms with Gasteiger partial charge in [-0.1, -0.05) is 42.2 Å². The van der Waals surface area contributed by atoms with E-state index < -0.39 is 0 Å². The van der Waals surface area contributed by atoms with Crippen molar-refractivity contribution in [2.24, 2.45) is 0 Å². The van der Waals surface area contributed by atoms with Gasteiger partial charge in [-0.2, -0.15) is 0 Å². The lowest BCUT2D eigenvalue weighted by atomic mass is 10.2. The largest absolute Gasteiger partial charge is 0.493 e. The Balaban J connectivity index is 1.70. The van der Waals surface area contributed by atoms with Crippen LogP contribution in [0, 0.1) is 3.57 Å². The molecule has 0 N–H and O–H groups in total. The van der Waals surface area contributed by atoms with Gasteiger partial charge >= 0.3 is 0 Å². The summed E-state index contributed by atoms with van der Waals surface area (Å²) < 4.78 is 18.5. The number of hydrogen-bond acceptors (Lipinski definition) is 6.